The van der Waals surface area contributed by atoms with E-state index < -0.39 is 17.9 Å². The molecule has 0 aromatic rings. The van der Waals surface area contributed by atoms with Crippen LogP contribution in [0.5, 0.6) is 0 Å². The Morgan fingerprint density at radius 2 is 2.36 bits per heavy atom. The third-order valence-electron chi connectivity index (χ3n) is 1.83. The van der Waals surface area contributed by atoms with Crippen molar-refractivity contribution in [3.63, 3.8) is 0 Å². The molecule has 11 heavy (non-hydrogen) atoms. The van der Waals surface area contributed by atoms with Crippen molar-refractivity contribution in [2.45, 2.75) is 38.1 Å². The molecule has 1 aliphatic rings. The maximum absolute atomic E-state index is 10.3. The molecular weight excluding hydrogens is 148 g/mol. The van der Waals surface area contributed by atoms with Crippen LogP contribution < -0.4 is 0 Å². The van der Waals surface area contributed by atoms with Crippen LogP contribution in [0.1, 0.15) is 26.2 Å². The smallest absolute Gasteiger partial charge is 0.367 e. The van der Waals surface area contributed by atoms with Gasteiger partial charge in [0.2, 0.25) is 0 Å². The summed E-state index contributed by atoms with van der Waals surface area (Å²) in [5.41, 5.74) is 0. The van der Waals surface area contributed by atoms with E-state index in [1.165, 1.54) is 0 Å². The number of hydrogen-bond donors (Lipinski definition) is 2. The summed E-state index contributed by atoms with van der Waals surface area (Å²) < 4.78 is 4.62. The van der Waals surface area contributed by atoms with Gasteiger partial charge in [0, 0.05) is 0 Å². The molecule has 4 nitrogen and oxygen atoms in total. The van der Waals surface area contributed by atoms with Crippen LogP contribution in [0.4, 0.5) is 0 Å². The molecule has 0 aromatic carbocycles. The van der Waals surface area contributed by atoms with Crippen molar-refractivity contribution in [2.75, 3.05) is 0 Å². The molecule has 0 bridgehead atoms. The van der Waals surface area contributed by atoms with Crippen molar-refractivity contribution in [1.29, 1.82) is 0 Å². The normalized spacial score (nSPS) is 35.3. The standard InChI is InChI=1S/C7H12O4/c1-2-3-4-5-7(10,11-5)6(8)9/h5,10H,2-4H2,1H3,(H,8,9). The molecule has 1 rings (SSSR count). The van der Waals surface area contributed by atoms with Crippen molar-refractivity contribution in [3.8, 4) is 0 Å². The Hall–Kier alpha value is -0.610. The second-order valence-corrected chi connectivity index (χ2v) is 2.75. The van der Waals surface area contributed by atoms with Crippen LogP contribution in [-0.2, 0) is 9.53 Å². The largest absolute Gasteiger partial charge is 0.477 e. The third kappa shape index (κ3) is 1.52. The van der Waals surface area contributed by atoms with Gasteiger partial charge in [0.1, 0.15) is 6.10 Å². The summed E-state index contributed by atoms with van der Waals surface area (Å²) in [5, 5.41) is 17.5. The van der Waals surface area contributed by atoms with Gasteiger partial charge in [0.15, 0.2) is 0 Å². The van der Waals surface area contributed by atoms with Gasteiger partial charge in [-0.2, -0.15) is 0 Å². The summed E-state index contributed by atoms with van der Waals surface area (Å²) in [6, 6.07) is 0. The fourth-order valence-corrected chi connectivity index (χ4v) is 1.02. The molecule has 0 spiro atoms. The van der Waals surface area contributed by atoms with Crippen LogP contribution in [0, 0.1) is 0 Å². The number of rotatable bonds is 4. The average Bonchev–Trinajstić information content (AvgIpc) is 2.59. The molecule has 64 valence electrons. The molecular formula is C7H12O4. The van der Waals surface area contributed by atoms with Gasteiger partial charge in [-0.25, -0.2) is 4.79 Å². The summed E-state index contributed by atoms with van der Waals surface area (Å²) >= 11 is 0. The maximum Gasteiger partial charge on any atom is 0.367 e. The monoisotopic (exact) mass is 160 g/mol. The SMILES string of the molecule is CCCCC1OC1(O)C(=O)O. The van der Waals surface area contributed by atoms with E-state index in [0.29, 0.717) is 6.42 Å². The molecule has 1 aliphatic heterocycles. The Labute approximate surface area is 64.8 Å². The summed E-state index contributed by atoms with van der Waals surface area (Å²) in [4.78, 5) is 10.3. The Kier molecular flexibility index (Phi) is 2.15. The van der Waals surface area contributed by atoms with Crippen molar-refractivity contribution in [2.24, 2.45) is 0 Å². The second-order valence-electron chi connectivity index (χ2n) is 2.75. The lowest BCUT2D eigenvalue weighted by Gasteiger charge is -1.95. The maximum atomic E-state index is 10.3. The second kappa shape index (κ2) is 2.79. The number of hydrogen-bond acceptors (Lipinski definition) is 3. The lowest BCUT2D eigenvalue weighted by molar-refractivity contribution is -0.157. The summed E-state index contributed by atoms with van der Waals surface area (Å²) in [6.07, 6.45) is 2.01. The zero-order valence-electron chi connectivity index (χ0n) is 6.41. The highest BCUT2D eigenvalue weighted by Gasteiger charge is 2.61. The number of carboxylic acids is 1. The first-order valence-electron chi connectivity index (χ1n) is 3.75. The molecule has 2 atom stereocenters. The van der Waals surface area contributed by atoms with Crippen LogP contribution in [-0.4, -0.2) is 28.1 Å². The van der Waals surface area contributed by atoms with Gasteiger partial charge in [0.25, 0.3) is 5.79 Å². The number of unbranched alkanes of at least 4 members (excludes halogenated alkanes) is 1. The topological polar surface area (TPSA) is 70.1 Å². The van der Waals surface area contributed by atoms with Crippen LogP contribution in [0.2, 0.25) is 0 Å². The number of carboxylic acid groups (broad SMARTS) is 1. The Morgan fingerprint density at radius 3 is 2.73 bits per heavy atom. The molecule has 1 fully saturated rings. The van der Waals surface area contributed by atoms with Gasteiger partial charge in [-0.3, -0.25) is 0 Å². The van der Waals surface area contributed by atoms with Crippen LogP contribution in [0.25, 0.3) is 0 Å². The summed E-state index contributed by atoms with van der Waals surface area (Å²) in [5.74, 6) is -3.14. The molecule has 2 unspecified atom stereocenters. The van der Waals surface area contributed by atoms with E-state index in [1.54, 1.807) is 0 Å². The fraction of sp³-hybridized carbons (Fsp3) is 0.857. The minimum Gasteiger partial charge on any atom is -0.477 e. The van der Waals surface area contributed by atoms with E-state index in [2.05, 4.69) is 4.74 Å². The minimum absolute atomic E-state index is 0.486. The van der Waals surface area contributed by atoms with Crippen molar-refractivity contribution < 1.29 is 19.7 Å². The average molecular weight is 160 g/mol. The lowest BCUT2D eigenvalue weighted by atomic mass is 10.1. The highest BCUT2D eigenvalue weighted by atomic mass is 16.8. The number of aliphatic carboxylic acids is 1. The van der Waals surface area contributed by atoms with E-state index in [9.17, 15) is 4.79 Å². The fourth-order valence-electron chi connectivity index (χ4n) is 1.02. The lowest BCUT2D eigenvalue weighted by Crippen LogP contribution is -2.26. The van der Waals surface area contributed by atoms with Crippen LogP contribution in [0.15, 0.2) is 0 Å². The summed E-state index contributed by atoms with van der Waals surface area (Å²) in [7, 11) is 0. The number of ether oxygens (including phenoxy) is 1. The predicted molar refractivity (Wildman–Crippen MR) is 37.0 cm³/mol. The molecule has 0 aliphatic carbocycles. The zero-order chi connectivity index (χ0) is 8.48. The molecule has 1 heterocycles. The number of carbonyl (C=O) groups is 1. The van der Waals surface area contributed by atoms with E-state index in [4.69, 9.17) is 10.2 Å². The number of epoxide rings is 1. The van der Waals surface area contributed by atoms with Gasteiger partial charge in [-0.15, -0.1) is 0 Å². The Balaban J connectivity index is 2.29. The van der Waals surface area contributed by atoms with Gasteiger partial charge in [-0.1, -0.05) is 19.8 Å². The zero-order valence-corrected chi connectivity index (χ0v) is 6.41. The van der Waals surface area contributed by atoms with Gasteiger partial charge in [0.05, 0.1) is 0 Å². The molecule has 0 radical (unpaired) electrons. The van der Waals surface area contributed by atoms with Gasteiger partial charge in [-0.05, 0) is 6.42 Å². The molecule has 4 heteroatoms. The first-order chi connectivity index (χ1) is 5.11. The highest BCUT2D eigenvalue weighted by molar-refractivity contribution is 5.78. The van der Waals surface area contributed by atoms with E-state index >= 15 is 0 Å². The van der Waals surface area contributed by atoms with Crippen LogP contribution >= 0.6 is 0 Å². The number of aliphatic hydroxyl groups is 1. The van der Waals surface area contributed by atoms with Gasteiger partial charge < -0.3 is 14.9 Å². The molecule has 1 saturated heterocycles. The first kappa shape index (κ1) is 8.49. The highest BCUT2D eigenvalue weighted by Crippen LogP contribution is 2.37. The van der Waals surface area contributed by atoms with E-state index in [1.807, 2.05) is 6.92 Å². The first-order valence-corrected chi connectivity index (χ1v) is 3.75. The molecule has 0 amide bonds. The van der Waals surface area contributed by atoms with Crippen molar-refractivity contribution >= 4 is 5.97 Å². The van der Waals surface area contributed by atoms with Crippen molar-refractivity contribution in [3.05, 3.63) is 0 Å². The van der Waals surface area contributed by atoms with E-state index in [0.717, 1.165) is 12.8 Å². The van der Waals surface area contributed by atoms with E-state index in [-0.39, 0.29) is 0 Å². The quantitative estimate of drug-likeness (QED) is 0.582. The Morgan fingerprint density at radius 1 is 1.73 bits per heavy atom. The van der Waals surface area contributed by atoms with Gasteiger partial charge >= 0.3 is 5.97 Å². The molecule has 0 saturated carbocycles. The Bertz CT molecular complexity index is 168. The molecule has 0 aromatic heterocycles. The van der Waals surface area contributed by atoms with Crippen molar-refractivity contribution in [1.82, 2.24) is 0 Å². The summed E-state index contributed by atoms with van der Waals surface area (Å²) in [6.45, 7) is 2.00. The molecule has 2 N–H and O–H groups in total. The minimum atomic E-state index is -1.87. The van der Waals surface area contributed by atoms with Crippen LogP contribution in [0.3, 0.4) is 0 Å². The predicted octanol–water partition coefficient (Wildman–Crippen LogP) is 0.349. The third-order valence-corrected chi connectivity index (χ3v) is 1.83.